The fraction of sp³-hybridized carbons (Fsp3) is 0.308. The van der Waals surface area contributed by atoms with Gasteiger partial charge < -0.3 is 18.9 Å². The zero-order valence-electron chi connectivity index (χ0n) is 18.8. The Kier molecular flexibility index (Phi) is 5.62. The Morgan fingerprint density at radius 3 is 2.91 bits per heavy atom. The molecular formula is C26H26FN3O3. The van der Waals surface area contributed by atoms with Crippen molar-refractivity contribution in [2.45, 2.75) is 32.2 Å². The quantitative estimate of drug-likeness (QED) is 0.536. The highest BCUT2D eigenvalue weighted by atomic mass is 19.1. The number of ether oxygens (including phenoxy) is 2. The largest absolute Gasteiger partial charge is 0.495 e. The molecule has 1 unspecified atom stereocenters. The molecule has 1 fully saturated rings. The monoisotopic (exact) mass is 447 g/mol. The minimum absolute atomic E-state index is 0.0247. The molecule has 1 atom stereocenters. The number of rotatable bonds is 4. The summed E-state index contributed by atoms with van der Waals surface area (Å²) in [6, 6.07) is 10.4. The summed E-state index contributed by atoms with van der Waals surface area (Å²) in [6.45, 7) is 3.09. The van der Waals surface area contributed by atoms with Gasteiger partial charge in [-0.3, -0.25) is 4.79 Å². The minimum atomic E-state index is -0.330. The molecule has 0 aliphatic carbocycles. The molecule has 5 rings (SSSR count). The molecule has 170 valence electrons. The second-order valence-electron chi connectivity index (χ2n) is 8.46. The van der Waals surface area contributed by atoms with Crippen LogP contribution >= 0.6 is 0 Å². The van der Waals surface area contributed by atoms with Crippen LogP contribution in [0.3, 0.4) is 0 Å². The Hall–Kier alpha value is -3.61. The lowest BCUT2D eigenvalue weighted by Gasteiger charge is -2.38. The van der Waals surface area contributed by atoms with Gasteiger partial charge in [0, 0.05) is 36.4 Å². The van der Waals surface area contributed by atoms with Crippen molar-refractivity contribution >= 4 is 12.0 Å². The molecular weight excluding hydrogens is 421 g/mol. The van der Waals surface area contributed by atoms with Gasteiger partial charge in [-0.2, -0.15) is 0 Å². The van der Waals surface area contributed by atoms with Crippen LogP contribution in [0.5, 0.6) is 11.5 Å². The van der Waals surface area contributed by atoms with E-state index in [1.54, 1.807) is 19.5 Å². The van der Waals surface area contributed by atoms with Crippen molar-refractivity contribution in [2.75, 3.05) is 20.3 Å². The summed E-state index contributed by atoms with van der Waals surface area (Å²) in [5, 5.41) is 0. The first-order valence-electron chi connectivity index (χ1n) is 11.2. The van der Waals surface area contributed by atoms with Gasteiger partial charge in [-0.05, 0) is 49.6 Å². The highest BCUT2D eigenvalue weighted by Crippen LogP contribution is 2.39. The second-order valence-corrected chi connectivity index (χ2v) is 8.46. The fourth-order valence-electron chi connectivity index (χ4n) is 4.68. The molecule has 0 radical (unpaired) electrons. The van der Waals surface area contributed by atoms with Crippen molar-refractivity contribution in [3.05, 3.63) is 77.1 Å². The topological polar surface area (TPSA) is 56.6 Å². The van der Waals surface area contributed by atoms with E-state index < -0.39 is 0 Å². The molecule has 0 N–H and O–H groups in total. The molecule has 1 amide bonds. The number of aromatic nitrogens is 2. The number of benzene rings is 2. The third kappa shape index (κ3) is 4.11. The molecule has 0 spiro atoms. The van der Waals surface area contributed by atoms with Crippen molar-refractivity contribution in [3.8, 4) is 17.2 Å². The van der Waals surface area contributed by atoms with Gasteiger partial charge in [-0.25, -0.2) is 9.37 Å². The molecule has 33 heavy (non-hydrogen) atoms. The number of methoxy groups -OCH3 is 1. The van der Waals surface area contributed by atoms with Gasteiger partial charge in [0.25, 0.3) is 0 Å². The van der Waals surface area contributed by atoms with Gasteiger partial charge in [0.15, 0.2) is 0 Å². The van der Waals surface area contributed by atoms with Crippen LogP contribution in [0.4, 0.5) is 4.39 Å². The van der Waals surface area contributed by atoms with Crippen molar-refractivity contribution in [1.29, 1.82) is 0 Å². The van der Waals surface area contributed by atoms with Crippen LogP contribution < -0.4 is 9.47 Å². The van der Waals surface area contributed by atoms with Crippen LogP contribution in [-0.2, 0) is 4.79 Å². The Morgan fingerprint density at radius 2 is 2.12 bits per heavy atom. The van der Waals surface area contributed by atoms with E-state index in [0.29, 0.717) is 31.1 Å². The van der Waals surface area contributed by atoms with Crippen molar-refractivity contribution in [2.24, 2.45) is 0 Å². The highest BCUT2D eigenvalue weighted by Gasteiger charge is 2.33. The molecule has 3 heterocycles. The van der Waals surface area contributed by atoms with E-state index in [1.165, 1.54) is 12.1 Å². The third-order valence-electron chi connectivity index (χ3n) is 6.27. The zero-order chi connectivity index (χ0) is 22.9. The number of aryl methyl sites for hydroxylation is 1. The molecule has 1 saturated heterocycles. The Balaban J connectivity index is 1.43. The smallest absolute Gasteiger partial charge is 0.250 e. The SMILES string of the molecule is COc1cc(/C=C2\CCCN(C3CCOc4cc(F)ccc43)C2=O)ccc1-n1cnc(C)c1. The summed E-state index contributed by atoms with van der Waals surface area (Å²) in [5.41, 5.74) is 4.37. The number of hydrogen-bond donors (Lipinski definition) is 0. The number of piperidine rings is 1. The first kappa shape index (κ1) is 21.2. The first-order chi connectivity index (χ1) is 16.0. The molecule has 0 saturated carbocycles. The number of fused-ring (bicyclic) bond motifs is 1. The van der Waals surface area contributed by atoms with Crippen molar-refractivity contribution < 1.29 is 18.7 Å². The maximum absolute atomic E-state index is 13.7. The van der Waals surface area contributed by atoms with Crippen molar-refractivity contribution in [1.82, 2.24) is 14.5 Å². The number of carbonyl (C=O) groups excluding carboxylic acids is 1. The van der Waals surface area contributed by atoms with Gasteiger partial charge in [-0.1, -0.05) is 12.1 Å². The van der Waals surface area contributed by atoms with Crippen LogP contribution in [0.15, 0.2) is 54.5 Å². The van der Waals surface area contributed by atoms with E-state index in [4.69, 9.17) is 9.47 Å². The van der Waals surface area contributed by atoms with Crippen LogP contribution in [0.2, 0.25) is 0 Å². The maximum atomic E-state index is 13.7. The predicted molar refractivity (Wildman–Crippen MR) is 123 cm³/mol. The predicted octanol–water partition coefficient (Wildman–Crippen LogP) is 4.86. The maximum Gasteiger partial charge on any atom is 0.250 e. The third-order valence-corrected chi connectivity index (χ3v) is 6.27. The van der Waals surface area contributed by atoms with E-state index in [-0.39, 0.29) is 17.8 Å². The summed E-state index contributed by atoms with van der Waals surface area (Å²) in [6.07, 6.45) is 7.95. The number of carbonyl (C=O) groups is 1. The Bertz CT molecular complexity index is 1230. The second kappa shape index (κ2) is 8.73. The normalized spacial score (nSPS) is 19.4. The molecule has 2 aliphatic rings. The van der Waals surface area contributed by atoms with Gasteiger partial charge in [0.05, 0.1) is 37.5 Å². The lowest BCUT2D eigenvalue weighted by Crippen LogP contribution is -2.41. The van der Waals surface area contributed by atoms with Gasteiger partial charge in [0.1, 0.15) is 17.3 Å². The van der Waals surface area contributed by atoms with E-state index >= 15 is 0 Å². The fourth-order valence-corrected chi connectivity index (χ4v) is 4.68. The summed E-state index contributed by atoms with van der Waals surface area (Å²) in [7, 11) is 1.64. The molecule has 2 aliphatic heterocycles. The number of nitrogens with zero attached hydrogens (tertiary/aromatic N) is 3. The molecule has 7 heteroatoms. The summed E-state index contributed by atoms with van der Waals surface area (Å²) >= 11 is 0. The lowest BCUT2D eigenvalue weighted by molar-refractivity contribution is -0.131. The standard InChI is InChI=1S/C26H26FN3O3/c1-17-15-29(16-28-17)23-8-5-18(13-25(23)32-2)12-19-4-3-10-30(26(19)31)22-9-11-33-24-14-20(27)6-7-21(22)24/h5-8,12-16,22H,3-4,9-11H2,1-2H3/b19-12+. The minimum Gasteiger partial charge on any atom is -0.495 e. The molecule has 0 bridgehead atoms. The molecule has 1 aromatic heterocycles. The molecule has 3 aromatic rings. The molecule has 6 nitrogen and oxygen atoms in total. The van der Waals surface area contributed by atoms with Crippen molar-refractivity contribution in [3.63, 3.8) is 0 Å². The summed E-state index contributed by atoms with van der Waals surface area (Å²) in [5.74, 6) is 0.937. The molecule has 2 aromatic carbocycles. The van der Waals surface area contributed by atoms with E-state index in [1.807, 2.05) is 46.9 Å². The lowest BCUT2D eigenvalue weighted by atomic mass is 9.93. The Labute approximate surface area is 192 Å². The van der Waals surface area contributed by atoms with Crippen LogP contribution in [0, 0.1) is 12.7 Å². The number of halogens is 1. The van der Waals surface area contributed by atoms with E-state index in [2.05, 4.69) is 4.98 Å². The summed E-state index contributed by atoms with van der Waals surface area (Å²) in [4.78, 5) is 19.6. The number of likely N-dealkylation sites (tertiary alicyclic amines) is 1. The average molecular weight is 448 g/mol. The van der Waals surface area contributed by atoms with Crippen LogP contribution in [0.1, 0.15) is 42.1 Å². The highest BCUT2D eigenvalue weighted by molar-refractivity contribution is 5.99. The van der Waals surface area contributed by atoms with Crippen LogP contribution in [-0.4, -0.2) is 40.6 Å². The van der Waals surface area contributed by atoms with Gasteiger partial charge in [0.2, 0.25) is 5.91 Å². The van der Waals surface area contributed by atoms with E-state index in [0.717, 1.165) is 40.9 Å². The zero-order valence-corrected chi connectivity index (χ0v) is 18.8. The van der Waals surface area contributed by atoms with Gasteiger partial charge in [-0.15, -0.1) is 0 Å². The van der Waals surface area contributed by atoms with Gasteiger partial charge >= 0.3 is 0 Å². The van der Waals surface area contributed by atoms with Crippen LogP contribution in [0.25, 0.3) is 11.8 Å². The average Bonchev–Trinajstić information content (AvgIpc) is 3.26. The number of imidazole rings is 1. The number of amides is 1. The van der Waals surface area contributed by atoms with E-state index in [9.17, 15) is 9.18 Å². The Morgan fingerprint density at radius 1 is 1.24 bits per heavy atom. The first-order valence-corrected chi connectivity index (χ1v) is 11.2. The summed E-state index contributed by atoms with van der Waals surface area (Å²) < 4.78 is 26.8. The number of hydrogen-bond acceptors (Lipinski definition) is 4.